The number of imide groups is 1. The number of piperazine rings is 1. The summed E-state index contributed by atoms with van der Waals surface area (Å²) < 4.78 is 5.57. The first kappa shape index (κ1) is 17.3. The Bertz CT molecular complexity index is 700. The number of ether oxygens (including phenoxy) is 1. The first-order chi connectivity index (χ1) is 12.6. The van der Waals surface area contributed by atoms with Crippen LogP contribution in [0.3, 0.4) is 0 Å². The van der Waals surface area contributed by atoms with Crippen molar-refractivity contribution in [3.05, 3.63) is 29.3 Å². The van der Waals surface area contributed by atoms with E-state index in [4.69, 9.17) is 4.74 Å². The maximum Gasteiger partial charge on any atom is 0.324 e. The number of rotatable bonds is 4. The monoisotopic (exact) mass is 358 g/mol. The quantitative estimate of drug-likeness (QED) is 0.858. The maximum atomic E-state index is 12.5. The first-order valence-corrected chi connectivity index (χ1v) is 9.42. The number of urea groups is 1. The zero-order valence-corrected chi connectivity index (χ0v) is 15.2. The summed E-state index contributed by atoms with van der Waals surface area (Å²) in [6, 6.07) is 5.97. The Balaban J connectivity index is 1.29. The van der Waals surface area contributed by atoms with Crippen LogP contribution in [0.15, 0.2) is 18.2 Å². The van der Waals surface area contributed by atoms with Gasteiger partial charge in [-0.25, -0.2) is 4.79 Å². The molecule has 1 atom stereocenters. The predicted molar refractivity (Wildman–Crippen MR) is 97.1 cm³/mol. The first-order valence-electron chi connectivity index (χ1n) is 9.42. The Morgan fingerprint density at radius 1 is 1.23 bits per heavy atom. The van der Waals surface area contributed by atoms with E-state index in [2.05, 4.69) is 33.3 Å². The molecule has 2 fully saturated rings. The molecule has 2 saturated heterocycles. The molecule has 26 heavy (non-hydrogen) atoms. The summed E-state index contributed by atoms with van der Waals surface area (Å²) in [5.74, 6) is 0.934. The lowest BCUT2D eigenvalue weighted by Gasteiger charge is -2.38. The molecule has 3 aliphatic heterocycles. The number of hydrogen-bond acceptors (Lipinski definition) is 5. The molecule has 0 aromatic heterocycles. The van der Waals surface area contributed by atoms with Gasteiger partial charge in [0.05, 0.1) is 12.6 Å². The molecular weight excluding hydrogens is 332 g/mol. The molecule has 0 radical (unpaired) electrons. The number of hydrogen-bond donors (Lipinski definition) is 1. The van der Waals surface area contributed by atoms with Gasteiger partial charge >= 0.3 is 6.03 Å². The minimum absolute atomic E-state index is 0.0907. The average Bonchev–Trinajstić information content (AvgIpc) is 3.29. The predicted octanol–water partition coefficient (Wildman–Crippen LogP) is 0.679. The van der Waals surface area contributed by atoms with Gasteiger partial charge in [-0.2, -0.15) is 0 Å². The second-order valence-corrected chi connectivity index (χ2v) is 7.25. The van der Waals surface area contributed by atoms with E-state index in [0.29, 0.717) is 13.1 Å². The van der Waals surface area contributed by atoms with E-state index in [-0.39, 0.29) is 18.0 Å². The van der Waals surface area contributed by atoms with Gasteiger partial charge in [-0.3, -0.25) is 19.5 Å². The van der Waals surface area contributed by atoms with Crippen LogP contribution in [0.2, 0.25) is 0 Å². The van der Waals surface area contributed by atoms with Crippen molar-refractivity contribution in [2.75, 3.05) is 45.9 Å². The van der Waals surface area contributed by atoms with Crippen molar-refractivity contribution in [3.8, 4) is 5.75 Å². The summed E-state index contributed by atoms with van der Waals surface area (Å²) in [6.07, 6.45) is 1.00. The normalized spacial score (nSPS) is 22.0. The fourth-order valence-electron chi connectivity index (χ4n) is 3.97. The smallest absolute Gasteiger partial charge is 0.324 e. The largest absolute Gasteiger partial charge is 0.493 e. The van der Waals surface area contributed by atoms with Crippen molar-refractivity contribution in [2.45, 2.75) is 25.9 Å². The maximum absolute atomic E-state index is 12.5. The van der Waals surface area contributed by atoms with Crippen LogP contribution in [-0.4, -0.2) is 78.6 Å². The second kappa shape index (κ2) is 7.25. The molecule has 7 nitrogen and oxygen atoms in total. The molecule has 1 N–H and O–H groups in total. The van der Waals surface area contributed by atoms with Crippen molar-refractivity contribution in [1.82, 2.24) is 20.0 Å². The Labute approximate surface area is 153 Å². The van der Waals surface area contributed by atoms with Crippen LogP contribution in [0.1, 0.15) is 18.1 Å². The van der Waals surface area contributed by atoms with Crippen LogP contribution < -0.4 is 10.1 Å². The molecule has 0 spiro atoms. The molecule has 3 heterocycles. The highest BCUT2D eigenvalue weighted by Crippen LogP contribution is 2.26. The number of benzene rings is 1. The van der Waals surface area contributed by atoms with Gasteiger partial charge in [0.25, 0.3) is 0 Å². The van der Waals surface area contributed by atoms with Gasteiger partial charge in [-0.05, 0) is 24.1 Å². The van der Waals surface area contributed by atoms with Gasteiger partial charge in [0, 0.05) is 52.2 Å². The minimum atomic E-state index is -0.263. The van der Waals surface area contributed by atoms with Gasteiger partial charge in [0.15, 0.2) is 0 Å². The van der Waals surface area contributed by atoms with Crippen LogP contribution in [0.5, 0.6) is 5.75 Å². The number of nitrogens with zero attached hydrogens (tertiary/aromatic N) is 3. The van der Waals surface area contributed by atoms with Gasteiger partial charge in [-0.1, -0.05) is 12.1 Å². The van der Waals surface area contributed by atoms with Crippen LogP contribution in [-0.2, 0) is 17.8 Å². The van der Waals surface area contributed by atoms with Gasteiger partial charge in [0.2, 0.25) is 5.91 Å². The van der Waals surface area contributed by atoms with Crippen LogP contribution in [0.4, 0.5) is 4.79 Å². The molecule has 1 aromatic rings. The highest BCUT2D eigenvalue weighted by molar-refractivity contribution is 5.98. The summed E-state index contributed by atoms with van der Waals surface area (Å²) in [4.78, 5) is 30.2. The zero-order valence-electron chi connectivity index (χ0n) is 15.2. The van der Waals surface area contributed by atoms with Crippen molar-refractivity contribution in [1.29, 1.82) is 0 Å². The van der Waals surface area contributed by atoms with Crippen molar-refractivity contribution < 1.29 is 14.3 Å². The van der Waals surface area contributed by atoms with Crippen molar-refractivity contribution >= 4 is 11.9 Å². The topological polar surface area (TPSA) is 65.1 Å². The molecule has 7 heteroatoms. The number of carbonyl (C=O) groups is 2. The Kier molecular flexibility index (Phi) is 4.82. The van der Waals surface area contributed by atoms with Gasteiger partial charge < -0.3 is 10.1 Å². The lowest BCUT2D eigenvalue weighted by Crippen LogP contribution is -2.54. The van der Waals surface area contributed by atoms with Crippen LogP contribution in [0.25, 0.3) is 0 Å². The summed E-state index contributed by atoms with van der Waals surface area (Å²) >= 11 is 0. The SMILES string of the molecule is C[C@H](C(=O)N1CCNC1=O)N1CCN(Cc2ccc3c(c2)CCO3)CC1. The number of nitrogens with one attached hydrogen (secondary N) is 1. The van der Waals surface area contributed by atoms with Crippen molar-refractivity contribution in [2.24, 2.45) is 0 Å². The van der Waals surface area contributed by atoms with Crippen LogP contribution in [0, 0.1) is 0 Å². The fourth-order valence-corrected chi connectivity index (χ4v) is 3.97. The van der Waals surface area contributed by atoms with Gasteiger partial charge in [0.1, 0.15) is 5.75 Å². The average molecular weight is 358 g/mol. The fraction of sp³-hybridized carbons (Fsp3) is 0.579. The van der Waals surface area contributed by atoms with E-state index in [1.165, 1.54) is 16.0 Å². The highest BCUT2D eigenvalue weighted by atomic mass is 16.5. The standard InChI is InChI=1S/C19H26N4O3/c1-14(18(24)23-6-5-20-19(23)25)22-9-7-21(8-10-22)13-15-2-3-17-16(12-15)4-11-26-17/h2-3,12,14H,4-11,13H2,1H3,(H,20,25)/t14-/m1/s1. The molecule has 0 bridgehead atoms. The van der Waals surface area contributed by atoms with Gasteiger partial charge in [-0.15, -0.1) is 0 Å². The molecule has 0 saturated carbocycles. The lowest BCUT2D eigenvalue weighted by atomic mass is 10.1. The third kappa shape index (κ3) is 3.41. The molecule has 0 unspecified atom stereocenters. The van der Waals surface area contributed by atoms with E-state index in [9.17, 15) is 9.59 Å². The molecule has 1 aromatic carbocycles. The van der Waals surface area contributed by atoms with E-state index >= 15 is 0 Å². The molecular formula is C19H26N4O3. The Morgan fingerprint density at radius 2 is 2.04 bits per heavy atom. The molecule has 140 valence electrons. The number of amides is 3. The Hall–Kier alpha value is -2.12. The summed E-state index contributed by atoms with van der Waals surface area (Å²) in [7, 11) is 0. The van der Waals surface area contributed by atoms with Crippen LogP contribution >= 0.6 is 0 Å². The molecule has 0 aliphatic carbocycles. The molecule has 4 rings (SSSR count). The third-order valence-corrected chi connectivity index (χ3v) is 5.59. The summed E-state index contributed by atoms with van der Waals surface area (Å²) in [5, 5.41) is 2.69. The second-order valence-electron chi connectivity index (χ2n) is 7.25. The lowest BCUT2D eigenvalue weighted by molar-refractivity contribution is -0.133. The third-order valence-electron chi connectivity index (χ3n) is 5.59. The highest BCUT2D eigenvalue weighted by Gasteiger charge is 2.33. The molecule has 3 amide bonds. The summed E-state index contributed by atoms with van der Waals surface area (Å²) in [6.45, 7) is 8.20. The van der Waals surface area contributed by atoms with E-state index < -0.39 is 0 Å². The number of carbonyl (C=O) groups excluding carboxylic acids is 2. The van der Waals surface area contributed by atoms with Crippen molar-refractivity contribution in [3.63, 3.8) is 0 Å². The molecule has 3 aliphatic rings. The zero-order chi connectivity index (χ0) is 18.1. The Morgan fingerprint density at radius 3 is 2.77 bits per heavy atom. The summed E-state index contributed by atoms with van der Waals surface area (Å²) in [5.41, 5.74) is 2.63. The van der Waals surface area contributed by atoms with E-state index in [1.54, 1.807) is 0 Å². The van der Waals surface area contributed by atoms with E-state index in [0.717, 1.165) is 51.5 Å². The number of fused-ring (bicyclic) bond motifs is 1. The van der Waals surface area contributed by atoms with E-state index in [1.807, 2.05) is 6.92 Å². The minimum Gasteiger partial charge on any atom is -0.493 e.